The molecule has 0 saturated carbocycles. The van der Waals surface area contributed by atoms with Crippen LogP contribution in [-0.2, 0) is 7.05 Å². The molecule has 0 aliphatic heterocycles. The number of nitrogens with two attached hydrogens (primary N) is 1. The predicted molar refractivity (Wildman–Crippen MR) is 49.1 cm³/mol. The van der Waals surface area contributed by atoms with Gasteiger partial charge in [-0.25, -0.2) is 5.84 Å². The Labute approximate surface area is 78.7 Å². The second kappa shape index (κ2) is 2.82. The van der Waals surface area contributed by atoms with Crippen molar-refractivity contribution in [2.75, 3.05) is 5.43 Å². The van der Waals surface area contributed by atoms with E-state index >= 15 is 0 Å². The summed E-state index contributed by atoms with van der Waals surface area (Å²) >= 11 is 5.67. The molecule has 0 radical (unpaired) electrons. The van der Waals surface area contributed by atoms with Crippen molar-refractivity contribution in [3.05, 3.63) is 11.5 Å². The second-order valence-electron chi connectivity index (χ2n) is 2.49. The predicted octanol–water partition coefficient (Wildman–Crippen LogP) is 0.302. The quantitative estimate of drug-likeness (QED) is 0.391. The molecule has 68 valence electrons. The van der Waals surface area contributed by atoms with Crippen molar-refractivity contribution in [2.24, 2.45) is 12.9 Å². The lowest BCUT2D eigenvalue weighted by Gasteiger charge is -2.00. The van der Waals surface area contributed by atoms with Gasteiger partial charge >= 0.3 is 0 Å². The van der Waals surface area contributed by atoms with Crippen LogP contribution in [0, 0.1) is 0 Å². The molecule has 2 aromatic heterocycles. The van der Waals surface area contributed by atoms with Gasteiger partial charge in [0.25, 0.3) is 0 Å². The van der Waals surface area contributed by atoms with E-state index in [1.165, 1.54) is 0 Å². The highest BCUT2D eigenvalue weighted by molar-refractivity contribution is 6.28. The normalized spacial score (nSPS) is 10.7. The van der Waals surface area contributed by atoms with E-state index < -0.39 is 0 Å². The minimum atomic E-state index is 0.143. The van der Waals surface area contributed by atoms with Crippen molar-refractivity contribution >= 4 is 28.5 Å². The van der Waals surface area contributed by atoms with Gasteiger partial charge < -0.3 is 5.43 Å². The molecule has 0 unspecified atom stereocenters. The molecule has 7 heteroatoms. The molecule has 0 amide bonds. The Hall–Kier alpha value is -1.40. The van der Waals surface area contributed by atoms with Crippen molar-refractivity contribution < 1.29 is 0 Å². The monoisotopic (exact) mass is 198 g/mol. The zero-order valence-electron chi connectivity index (χ0n) is 6.82. The van der Waals surface area contributed by atoms with Crippen LogP contribution in [0.5, 0.6) is 0 Å². The number of aryl methyl sites for hydroxylation is 1. The van der Waals surface area contributed by atoms with Crippen LogP contribution in [0.25, 0.3) is 11.0 Å². The van der Waals surface area contributed by atoms with Crippen LogP contribution in [0.1, 0.15) is 0 Å². The smallest absolute Gasteiger partial charge is 0.226 e. The lowest BCUT2D eigenvalue weighted by atomic mass is 10.4. The minimum Gasteiger partial charge on any atom is -0.308 e. The SMILES string of the molecule is Cn1ncc2c(NN)nc(Cl)nc21. The number of nitrogen functional groups attached to an aromatic ring is 1. The van der Waals surface area contributed by atoms with Crippen LogP contribution in [0.15, 0.2) is 6.20 Å². The van der Waals surface area contributed by atoms with Crippen LogP contribution in [0.4, 0.5) is 5.82 Å². The molecule has 0 aromatic carbocycles. The van der Waals surface area contributed by atoms with E-state index in [0.29, 0.717) is 11.5 Å². The molecule has 6 nitrogen and oxygen atoms in total. The van der Waals surface area contributed by atoms with E-state index in [2.05, 4.69) is 20.5 Å². The first-order valence-electron chi connectivity index (χ1n) is 3.54. The Morgan fingerprint density at radius 1 is 1.54 bits per heavy atom. The van der Waals surface area contributed by atoms with Gasteiger partial charge in [-0.3, -0.25) is 4.68 Å². The number of fused-ring (bicyclic) bond motifs is 1. The number of hydrogen-bond donors (Lipinski definition) is 2. The number of hydrazine groups is 1. The zero-order chi connectivity index (χ0) is 9.42. The molecule has 2 aromatic rings. The van der Waals surface area contributed by atoms with Crippen LogP contribution in [0.3, 0.4) is 0 Å². The number of hydrogen-bond acceptors (Lipinski definition) is 5. The van der Waals surface area contributed by atoms with Crippen molar-refractivity contribution in [2.45, 2.75) is 0 Å². The van der Waals surface area contributed by atoms with Gasteiger partial charge in [0.05, 0.1) is 11.6 Å². The fraction of sp³-hybridized carbons (Fsp3) is 0.167. The maximum Gasteiger partial charge on any atom is 0.226 e. The molecule has 0 atom stereocenters. The fourth-order valence-corrected chi connectivity index (χ4v) is 1.27. The third-order valence-corrected chi connectivity index (χ3v) is 1.87. The van der Waals surface area contributed by atoms with Gasteiger partial charge in [0.15, 0.2) is 11.5 Å². The van der Waals surface area contributed by atoms with Gasteiger partial charge in [-0.15, -0.1) is 0 Å². The minimum absolute atomic E-state index is 0.143. The highest BCUT2D eigenvalue weighted by Gasteiger charge is 2.08. The maximum absolute atomic E-state index is 5.67. The molecule has 2 rings (SSSR count). The first kappa shape index (κ1) is 8.21. The van der Waals surface area contributed by atoms with Crippen molar-refractivity contribution in [3.8, 4) is 0 Å². The van der Waals surface area contributed by atoms with Crippen LogP contribution in [-0.4, -0.2) is 19.7 Å². The summed E-state index contributed by atoms with van der Waals surface area (Å²) < 4.78 is 1.60. The summed E-state index contributed by atoms with van der Waals surface area (Å²) in [4.78, 5) is 7.90. The molecule has 0 aliphatic rings. The highest BCUT2D eigenvalue weighted by Crippen LogP contribution is 2.19. The van der Waals surface area contributed by atoms with E-state index in [1.54, 1.807) is 17.9 Å². The molecule has 0 spiro atoms. The second-order valence-corrected chi connectivity index (χ2v) is 2.83. The number of rotatable bonds is 1. The summed E-state index contributed by atoms with van der Waals surface area (Å²) in [7, 11) is 1.77. The van der Waals surface area contributed by atoms with E-state index in [0.717, 1.165) is 5.39 Å². The summed E-state index contributed by atoms with van der Waals surface area (Å²) in [5, 5.41) is 4.89. The topological polar surface area (TPSA) is 81.7 Å². The van der Waals surface area contributed by atoms with E-state index in [-0.39, 0.29) is 5.28 Å². The number of anilines is 1. The lowest BCUT2D eigenvalue weighted by molar-refractivity contribution is 0.785. The van der Waals surface area contributed by atoms with Gasteiger partial charge in [-0.1, -0.05) is 0 Å². The summed E-state index contributed by atoms with van der Waals surface area (Å²) in [5.41, 5.74) is 3.08. The standard InChI is InChI=1S/C6H7ClN6/c1-13-5-3(2-9-13)4(12-8)10-6(7)11-5/h2H,8H2,1H3,(H,10,11,12). The molecule has 0 saturated heterocycles. The van der Waals surface area contributed by atoms with Gasteiger partial charge in [-0.05, 0) is 11.6 Å². The zero-order valence-corrected chi connectivity index (χ0v) is 7.58. The molecule has 0 aliphatic carbocycles. The molecular formula is C6H7ClN6. The van der Waals surface area contributed by atoms with Crippen LogP contribution in [0.2, 0.25) is 5.28 Å². The third-order valence-electron chi connectivity index (χ3n) is 1.70. The summed E-state index contributed by atoms with van der Waals surface area (Å²) in [6.45, 7) is 0. The van der Waals surface area contributed by atoms with Gasteiger partial charge in [0.2, 0.25) is 5.28 Å². The number of halogens is 1. The Kier molecular flexibility index (Phi) is 1.78. The number of aromatic nitrogens is 4. The Balaban J connectivity index is 2.84. The maximum atomic E-state index is 5.67. The molecule has 13 heavy (non-hydrogen) atoms. The first-order valence-corrected chi connectivity index (χ1v) is 3.92. The molecule has 3 N–H and O–H groups in total. The molecular weight excluding hydrogens is 192 g/mol. The Bertz CT molecular complexity index is 450. The number of nitrogens with one attached hydrogen (secondary N) is 1. The lowest BCUT2D eigenvalue weighted by Crippen LogP contribution is -2.09. The van der Waals surface area contributed by atoms with Crippen molar-refractivity contribution in [3.63, 3.8) is 0 Å². The summed E-state index contributed by atoms with van der Waals surface area (Å²) in [5.74, 6) is 5.73. The van der Waals surface area contributed by atoms with E-state index in [4.69, 9.17) is 17.4 Å². The highest BCUT2D eigenvalue weighted by atomic mass is 35.5. The van der Waals surface area contributed by atoms with Gasteiger partial charge in [0, 0.05) is 7.05 Å². The number of nitrogens with zero attached hydrogens (tertiary/aromatic N) is 4. The summed E-state index contributed by atoms with van der Waals surface area (Å²) in [6.07, 6.45) is 1.63. The van der Waals surface area contributed by atoms with Gasteiger partial charge in [-0.2, -0.15) is 15.1 Å². The fourth-order valence-electron chi connectivity index (χ4n) is 1.11. The van der Waals surface area contributed by atoms with E-state index in [9.17, 15) is 0 Å². The third kappa shape index (κ3) is 1.20. The van der Waals surface area contributed by atoms with Crippen LogP contribution < -0.4 is 11.3 Å². The largest absolute Gasteiger partial charge is 0.308 e. The Morgan fingerprint density at radius 2 is 2.31 bits per heavy atom. The van der Waals surface area contributed by atoms with Crippen molar-refractivity contribution in [1.82, 2.24) is 19.7 Å². The van der Waals surface area contributed by atoms with E-state index in [1.807, 2.05) is 0 Å². The summed E-state index contributed by atoms with van der Waals surface area (Å²) in [6, 6.07) is 0. The average Bonchev–Trinajstić information content (AvgIpc) is 2.47. The molecule has 0 bridgehead atoms. The molecule has 0 fully saturated rings. The van der Waals surface area contributed by atoms with Gasteiger partial charge in [0.1, 0.15) is 0 Å². The molecule has 2 heterocycles. The first-order chi connectivity index (χ1) is 6.22. The Morgan fingerprint density at radius 3 is 3.00 bits per heavy atom. The average molecular weight is 199 g/mol. The van der Waals surface area contributed by atoms with Crippen molar-refractivity contribution in [1.29, 1.82) is 0 Å². The van der Waals surface area contributed by atoms with Crippen LogP contribution >= 0.6 is 11.6 Å².